The first-order valence-corrected chi connectivity index (χ1v) is 11.1. The summed E-state index contributed by atoms with van der Waals surface area (Å²) in [6, 6.07) is 9.17. The standard InChI is InChI=1S/C19H22ClN3O3.2C2H2O4/c1-22-7-9-23(10-8-22)13-14(19(24)25-2)11-15-12-18(26-21-15)16-5-3-4-6-17(16)20;2*3-1(4)2(5)6/h3-6,11-12H,7-10,13H2,1-2H3;2*(H,3,4)(H,5,6)/b14-11+;;. The lowest BCUT2D eigenvalue weighted by molar-refractivity contribution is -0.159. The van der Waals surface area contributed by atoms with E-state index in [4.69, 9.17) is 60.5 Å². The summed E-state index contributed by atoms with van der Waals surface area (Å²) < 4.78 is 10.3. The third-order valence-corrected chi connectivity index (χ3v) is 5.12. The molecule has 1 saturated heterocycles. The number of carboxylic acids is 4. The van der Waals surface area contributed by atoms with Crippen LogP contribution in [0.2, 0.25) is 5.02 Å². The summed E-state index contributed by atoms with van der Waals surface area (Å²) in [6.45, 7) is 4.31. The van der Waals surface area contributed by atoms with Gasteiger partial charge in [0, 0.05) is 44.4 Å². The average Bonchev–Trinajstić information content (AvgIpc) is 3.33. The molecule has 2 heterocycles. The maximum Gasteiger partial charge on any atom is 0.414 e. The molecule has 206 valence electrons. The monoisotopic (exact) mass is 555 g/mol. The van der Waals surface area contributed by atoms with Crippen molar-refractivity contribution in [2.75, 3.05) is 46.9 Å². The summed E-state index contributed by atoms with van der Waals surface area (Å²) in [5, 5.41) is 34.2. The van der Waals surface area contributed by atoms with E-state index in [1.54, 1.807) is 18.2 Å². The Hall–Kier alpha value is -4.27. The van der Waals surface area contributed by atoms with E-state index in [1.165, 1.54) is 7.11 Å². The lowest BCUT2D eigenvalue weighted by Crippen LogP contribution is -2.45. The lowest BCUT2D eigenvalue weighted by atomic mass is 10.1. The van der Waals surface area contributed by atoms with Crippen LogP contribution in [0.1, 0.15) is 5.69 Å². The minimum Gasteiger partial charge on any atom is -0.473 e. The van der Waals surface area contributed by atoms with Crippen molar-refractivity contribution in [1.82, 2.24) is 15.0 Å². The molecular formula is C23H26ClN3O11. The molecule has 0 bridgehead atoms. The van der Waals surface area contributed by atoms with Crippen molar-refractivity contribution in [2.45, 2.75) is 0 Å². The van der Waals surface area contributed by atoms with E-state index in [0.29, 0.717) is 28.6 Å². The Kier molecular flexibility index (Phi) is 13.2. The number of carbonyl (C=O) groups excluding carboxylic acids is 1. The van der Waals surface area contributed by atoms with E-state index in [-0.39, 0.29) is 5.97 Å². The number of nitrogens with zero attached hydrogens (tertiary/aromatic N) is 3. The van der Waals surface area contributed by atoms with Gasteiger partial charge in [-0.25, -0.2) is 24.0 Å². The van der Waals surface area contributed by atoms with Gasteiger partial charge in [0.2, 0.25) is 0 Å². The molecule has 0 unspecified atom stereocenters. The molecule has 0 radical (unpaired) electrons. The molecule has 1 aliphatic heterocycles. The third-order valence-electron chi connectivity index (χ3n) is 4.79. The first kappa shape index (κ1) is 31.8. The molecule has 0 spiro atoms. The zero-order chi connectivity index (χ0) is 28.8. The van der Waals surface area contributed by atoms with Crippen LogP contribution in [-0.4, -0.2) is 112 Å². The normalized spacial score (nSPS) is 13.7. The Balaban J connectivity index is 0.000000503. The number of carbonyl (C=O) groups is 5. The Labute approximate surface area is 221 Å². The van der Waals surface area contributed by atoms with Crippen molar-refractivity contribution in [3.63, 3.8) is 0 Å². The molecule has 3 rings (SSSR count). The number of benzene rings is 1. The van der Waals surface area contributed by atoms with Gasteiger partial charge in [0.25, 0.3) is 0 Å². The smallest absolute Gasteiger partial charge is 0.414 e. The van der Waals surface area contributed by atoms with Gasteiger partial charge in [-0.2, -0.15) is 0 Å². The summed E-state index contributed by atoms with van der Waals surface area (Å²) >= 11 is 6.20. The van der Waals surface area contributed by atoms with Gasteiger partial charge in [0.1, 0.15) is 5.69 Å². The van der Waals surface area contributed by atoms with Crippen molar-refractivity contribution < 1.29 is 53.7 Å². The number of hydrogen-bond acceptors (Lipinski definition) is 10. The minimum absolute atomic E-state index is 0.355. The van der Waals surface area contributed by atoms with Crippen molar-refractivity contribution >= 4 is 47.5 Å². The highest BCUT2D eigenvalue weighted by Gasteiger charge is 2.20. The van der Waals surface area contributed by atoms with Crippen LogP contribution in [0.5, 0.6) is 0 Å². The van der Waals surface area contributed by atoms with Gasteiger partial charge >= 0.3 is 29.8 Å². The zero-order valence-electron chi connectivity index (χ0n) is 20.4. The molecule has 2 aromatic rings. The van der Waals surface area contributed by atoms with Gasteiger partial charge < -0.3 is 34.6 Å². The van der Waals surface area contributed by atoms with Crippen LogP contribution in [-0.2, 0) is 28.7 Å². The van der Waals surface area contributed by atoms with Crippen molar-refractivity contribution in [2.24, 2.45) is 0 Å². The van der Waals surface area contributed by atoms with Crippen LogP contribution in [0.15, 0.2) is 40.4 Å². The number of piperazine rings is 1. The maximum absolute atomic E-state index is 12.2. The van der Waals surface area contributed by atoms with E-state index in [0.717, 1.165) is 31.7 Å². The molecule has 0 aliphatic carbocycles. The predicted octanol–water partition coefficient (Wildman–Crippen LogP) is 1.11. The number of carboxylic acid groups (broad SMARTS) is 4. The molecule has 0 saturated carbocycles. The molecular weight excluding hydrogens is 530 g/mol. The topological polar surface area (TPSA) is 208 Å². The highest BCUT2D eigenvalue weighted by molar-refractivity contribution is 6.33. The number of hydrogen-bond donors (Lipinski definition) is 4. The fourth-order valence-electron chi connectivity index (χ4n) is 2.87. The van der Waals surface area contributed by atoms with Gasteiger partial charge in [-0.3, -0.25) is 4.90 Å². The number of halogens is 1. The Morgan fingerprint density at radius 3 is 1.97 bits per heavy atom. The molecule has 15 heteroatoms. The summed E-state index contributed by atoms with van der Waals surface area (Å²) in [6.07, 6.45) is 1.72. The molecule has 0 atom stereocenters. The maximum atomic E-state index is 12.2. The zero-order valence-corrected chi connectivity index (χ0v) is 21.1. The number of esters is 1. The molecule has 14 nitrogen and oxygen atoms in total. The second-order valence-corrected chi connectivity index (χ2v) is 7.96. The van der Waals surface area contributed by atoms with Gasteiger partial charge in [0.05, 0.1) is 17.7 Å². The molecule has 1 aromatic carbocycles. The summed E-state index contributed by atoms with van der Waals surface area (Å²) in [7, 11) is 3.48. The van der Waals surface area contributed by atoms with Gasteiger partial charge in [-0.15, -0.1) is 0 Å². The van der Waals surface area contributed by atoms with Crippen LogP contribution >= 0.6 is 11.6 Å². The van der Waals surface area contributed by atoms with E-state index in [1.807, 2.05) is 18.2 Å². The lowest BCUT2D eigenvalue weighted by Gasteiger charge is -2.32. The molecule has 38 heavy (non-hydrogen) atoms. The molecule has 1 aromatic heterocycles. The summed E-state index contributed by atoms with van der Waals surface area (Å²) in [4.78, 5) is 53.1. The fourth-order valence-corrected chi connectivity index (χ4v) is 3.10. The van der Waals surface area contributed by atoms with Crippen LogP contribution < -0.4 is 0 Å². The second-order valence-electron chi connectivity index (χ2n) is 7.56. The number of aromatic nitrogens is 1. The Bertz CT molecular complexity index is 1120. The number of rotatable bonds is 5. The number of aliphatic carboxylic acids is 4. The second kappa shape index (κ2) is 15.8. The fraction of sp³-hybridized carbons (Fsp3) is 0.304. The highest BCUT2D eigenvalue weighted by atomic mass is 35.5. The molecule has 1 fully saturated rings. The SMILES string of the molecule is COC(=O)/C(=C/c1cc(-c2ccccc2Cl)on1)CN1CCN(C)CC1.O=C(O)C(=O)O.O=C(O)C(=O)O. The van der Waals surface area contributed by atoms with E-state index in [2.05, 4.69) is 22.0 Å². The van der Waals surface area contributed by atoms with Gasteiger partial charge in [0.15, 0.2) is 5.76 Å². The molecule has 4 N–H and O–H groups in total. The molecule has 1 aliphatic rings. The average molecular weight is 556 g/mol. The number of ether oxygens (including phenoxy) is 1. The van der Waals surface area contributed by atoms with Crippen LogP contribution in [0.4, 0.5) is 0 Å². The number of methoxy groups -OCH3 is 1. The Morgan fingerprint density at radius 1 is 0.974 bits per heavy atom. The van der Waals surface area contributed by atoms with E-state index in [9.17, 15) is 4.79 Å². The van der Waals surface area contributed by atoms with E-state index >= 15 is 0 Å². The van der Waals surface area contributed by atoms with Crippen LogP contribution in [0, 0.1) is 0 Å². The minimum atomic E-state index is -1.82. The number of likely N-dealkylation sites (N-methyl/N-ethyl adjacent to an activating group) is 1. The first-order chi connectivity index (χ1) is 17.8. The largest absolute Gasteiger partial charge is 0.473 e. The van der Waals surface area contributed by atoms with Crippen molar-refractivity contribution in [3.8, 4) is 11.3 Å². The van der Waals surface area contributed by atoms with Crippen LogP contribution in [0.3, 0.4) is 0 Å². The predicted molar refractivity (Wildman–Crippen MR) is 131 cm³/mol. The van der Waals surface area contributed by atoms with Gasteiger partial charge in [-0.1, -0.05) is 28.9 Å². The van der Waals surface area contributed by atoms with Crippen LogP contribution in [0.25, 0.3) is 17.4 Å². The Morgan fingerprint density at radius 2 is 1.50 bits per heavy atom. The summed E-state index contributed by atoms with van der Waals surface area (Å²) in [5.41, 5.74) is 1.88. The summed E-state index contributed by atoms with van der Waals surface area (Å²) in [5.74, 6) is -7.09. The van der Waals surface area contributed by atoms with Crippen molar-refractivity contribution in [3.05, 3.63) is 46.6 Å². The van der Waals surface area contributed by atoms with Crippen molar-refractivity contribution in [1.29, 1.82) is 0 Å². The molecule has 0 amide bonds. The first-order valence-electron chi connectivity index (χ1n) is 10.7. The van der Waals surface area contributed by atoms with E-state index < -0.39 is 23.9 Å². The highest BCUT2D eigenvalue weighted by Crippen LogP contribution is 2.28. The third kappa shape index (κ3) is 11.2. The van der Waals surface area contributed by atoms with Gasteiger partial charge in [-0.05, 0) is 25.3 Å². The quantitative estimate of drug-likeness (QED) is 0.231.